The number of rotatable bonds is 3. The van der Waals surface area contributed by atoms with Gasteiger partial charge in [0.25, 0.3) is 0 Å². The molecule has 0 radical (unpaired) electrons. The molecule has 92 valence electrons. The summed E-state index contributed by atoms with van der Waals surface area (Å²) in [6.07, 6.45) is 3.24. The minimum Gasteiger partial charge on any atom is -0.340 e. The van der Waals surface area contributed by atoms with Gasteiger partial charge < -0.3 is 9.55 Å². The standard InChI is InChI=1S/C10H13Br2N5/c1-10(2,12)6(11)3-17-5-16-8(13)7-9(17)15-4-14-7/h4-6,13H,3H2,1-2H3,(H,14,15). The number of nitrogens with one attached hydrogen (secondary N) is 2. The zero-order chi connectivity index (χ0) is 12.6. The van der Waals surface area contributed by atoms with Crippen molar-refractivity contribution in [3.63, 3.8) is 0 Å². The van der Waals surface area contributed by atoms with E-state index in [0.717, 1.165) is 12.2 Å². The zero-order valence-corrected chi connectivity index (χ0v) is 12.7. The number of aromatic amines is 1. The molecule has 0 saturated carbocycles. The molecule has 1 unspecified atom stereocenters. The molecular weight excluding hydrogens is 350 g/mol. The van der Waals surface area contributed by atoms with Crippen LogP contribution in [-0.2, 0) is 6.54 Å². The van der Waals surface area contributed by atoms with Gasteiger partial charge in [-0.1, -0.05) is 31.9 Å². The number of H-pyrrole nitrogens is 1. The Labute approximate surface area is 115 Å². The van der Waals surface area contributed by atoms with Gasteiger partial charge in [0, 0.05) is 15.7 Å². The van der Waals surface area contributed by atoms with Gasteiger partial charge in [0.1, 0.15) is 5.52 Å². The van der Waals surface area contributed by atoms with Gasteiger partial charge in [0.2, 0.25) is 0 Å². The maximum atomic E-state index is 7.67. The van der Waals surface area contributed by atoms with E-state index in [1.165, 1.54) is 0 Å². The Bertz CT molecular complexity index is 580. The van der Waals surface area contributed by atoms with Crippen molar-refractivity contribution in [1.82, 2.24) is 19.5 Å². The molecule has 0 aliphatic rings. The summed E-state index contributed by atoms with van der Waals surface area (Å²) in [6.45, 7) is 4.93. The fourth-order valence-electron chi connectivity index (χ4n) is 1.45. The summed E-state index contributed by atoms with van der Waals surface area (Å²) in [7, 11) is 0. The van der Waals surface area contributed by atoms with Gasteiger partial charge in [0.15, 0.2) is 11.1 Å². The topological polar surface area (TPSA) is 70.3 Å². The van der Waals surface area contributed by atoms with Crippen molar-refractivity contribution in [3.05, 3.63) is 18.1 Å². The molecule has 7 heteroatoms. The first kappa shape index (κ1) is 12.8. The van der Waals surface area contributed by atoms with E-state index in [1.54, 1.807) is 12.7 Å². The lowest BCUT2D eigenvalue weighted by Crippen LogP contribution is -2.29. The highest BCUT2D eigenvalue weighted by Gasteiger charge is 2.24. The Hall–Kier alpha value is -0.690. The Morgan fingerprint density at radius 1 is 1.53 bits per heavy atom. The van der Waals surface area contributed by atoms with Crippen molar-refractivity contribution >= 4 is 43.0 Å². The number of halogens is 2. The van der Waals surface area contributed by atoms with Crippen LogP contribution >= 0.6 is 31.9 Å². The summed E-state index contributed by atoms with van der Waals surface area (Å²) in [5, 5.41) is 7.67. The van der Waals surface area contributed by atoms with Crippen molar-refractivity contribution in [2.75, 3.05) is 0 Å². The quantitative estimate of drug-likeness (QED) is 0.821. The second kappa shape index (κ2) is 4.53. The van der Waals surface area contributed by atoms with E-state index in [4.69, 9.17) is 5.41 Å². The van der Waals surface area contributed by atoms with Crippen LogP contribution in [0.2, 0.25) is 0 Å². The third-order valence-corrected chi connectivity index (χ3v) is 5.16. The van der Waals surface area contributed by atoms with Gasteiger partial charge in [-0.2, -0.15) is 0 Å². The molecule has 0 aliphatic carbocycles. The van der Waals surface area contributed by atoms with Crippen molar-refractivity contribution < 1.29 is 0 Å². The van der Waals surface area contributed by atoms with Crippen LogP contribution in [0, 0.1) is 5.41 Å². The molecule has 0 bridgehead atoms. The summed E-state index contributed by atoms with van der Waals surface area (Å²) >= 11 is 7.27. The van der Waals surface area contributed by atoms with Gasteiger partial charge in [-0.25, -0.2) is 9.97 Å². The smallest absolute Gasteiger partial charge is 0.173 e. The summed E-state index contributed by atoms with van der Waals surface area (Å²) < 4.78 is 1.91. The first-order chi connectivity index (χ1) is 7.89. The van der Waals surface area contributed by atoms with Crippen LogP contribution in [-0.4, -0.2) is 28.7 Å². The number of nitrogens with zero attached hydrogens (tertiary/aromatic N) is 3. The minimum atomic E-state index is -0.0255. The van der Waals surface area contributed by atoms with E-state index >= 15 is 0 Å². The van der Waals surface area contributed by atoms with E-state index in [1.807, 2.05) is 4.57 Å². The molecule has 2 rings (SSSR count). The predicted octanol–water partition coefficient (Wildman–Crippen LogP) is 2.18. The van der Waals surface area contributed by atoms with Gasteiger partial charge in [-0.15, -0.1) is 0 Å². The molecule has 0 aliphatic heterocycles. The molecule has 5 nitrogen and oxygen atoms in total. The number of imidazole rings is 1. The fourth-order valence-corrected chi connectivity index (χ4v) is 1.91. The van der Waals surface area contributed by atoms with Gasteiger partial charge >= 0.3 is 0 Å². The third-order valence-electron chi connectivity index (χ3n) is 2.56. The van der Waals surface area contributed by atoms with Crippen molar-refractivity contribution in [2.45, 2.75) is 29.5 Å². The highest BCUT2D eigenvalue weighted by Crippen LogP contribution is 2.28. The molecule has 0 amide bonds. The second-order valence-electron chi connectivity index (χ2n) is 4.38. The lowest BCUT2D eigenvalue weighted by molar-refractivity contribution is 0.586. The van der Waals surface area contributed by atoms with E-state index in [9.17, 15) is 0 Å². The van der Waals surface area contributed by atoms with Crippen molar-refractivity contribution in [2.24, 2.45) is 0 Å². The SMILES string of the molecule is CC(C)(Br)C(Br)Cn1cnc(=N)c2[nH]cnc21. The third kappa shape index (κ3) is 2.60. The molecule has 0 aromatic carbocycles. The van der Waals surface area contributed by atoms with Crippen LogP contribution in [0.25, 0.3) is 11.2 Å². The first-order valence-corrected chi connectivity index (χ1v) is 6.86. The van der Waals surface area contributed by atoms with E-state index in [2.05, 4.69) is 60.7 Å². The summed E-state index contributed by atoms with van der Waals surface area (Å²) in [5.41, 5.74) is 1.64. The first-order valence-electron chi connectivity index (χ1n) is 5.15. The molecule has 0 spiro atoms. The molecule has 17 heavy (non-hydrogen) atoms. The molecule has 2 aromatic heterocycles. The highest BCUT2D eigenvalue weighted by molar-refractivity contribution is 9.12. The fraction of sp³-hybridized carbons (Fsp3) is 0.500. The molecule has 0 saturated heterocycles. The maximum absolute atomic E-state index is 7.67. The van der Waals surface area contributed by atoms with E-state index < -0.39 is 0 Å². The predicted molar refractivity (Wildman–Crippen MR) is 73.5 cm³/mol. The number of fused-ring (bicyclic) bond motifs is 1. The Kier molecular flexibility index (Phi) is 3.40. The van der Waals surface area contributed by atoms with Crippen molar-refractivity contribution in [1.29, 1.82) is 5.41 Å². The van der Waals surface area contributed by atoms with Gasteiger partial charge in [-0.3, -0.25) is 5.41 Å². The van der Waals surface area contributed by atoms with E-state index in [-0.39, 0.29) is 14.6 Å². The maximum Gasteiger partial charge on any atom is 0.173 e. The van der Waals surface area contributed by atoms with Crippen LogP contribution in [0.1, 0.15) is 13.8 Å². The van der Waals surface area contributed by atoms with Crippen LogP contribution in [0.3, 0.4) is 0 Å². The van der Waals surface area contributed by atoms with Gasteiger partial charge in [0.05, 0.1) is 12.7 Å². The Morgan fingerprint density at radius 2 is 2.24 bits per heavy atom. The Morgan fingerprint density at radius 3 is 2.88 bits per heavy atom. The average Bonchev–Trinajstić information content (AvgIpc) is 2.70. The number of hydrogen-bond donors (Lipinski definition) is 2. The van der Waals surface area contributed by atoms with Crippen LogP contribution in [0.5, 0.6) is 0 Å². The summed E-state index contributed by atoms with van der Waals surface area (Å²) in [4.78, 5) is 11.4. The molecular formula is C10H13Br2N5. The molecule has 1 atom stereocenters. The van der Waals surface area contributed by atoms with Gasteiger partial charge in [-0.05, 0) is 13.8 Å². The number of alkyl halides is 2. The summed E-state index contributed by atoms with van der Waals surface area (Å²) in [5.74, 6) is 0. The molecule has 2 N–H and O–H groups in total. The van der Waals surface area contributed by atoms with Crippen LogP contribution in [0.4, 0.5) is 0 Å². The highest BCUT2D eigenvalue weighted by atomic mass is 79.9. The molecule has 2 heterocycles. The van der Waals surface area contributed by atoms with Crippen molar-refractivity contribution in [3.8, 4) is 0 Å². The molecule has 2 aromatic rings. The number of hydrogen-bond acceptors (Lipinski definition) is 3. The zero-order valence-electron chi connectivity index (χ0n) is 9.54. The average molecular weight is 363 g/mol. The lowest BCUT2D eigenvalue weighted by Gasteiger charge is -2.24. The Balaban J connectivity index is 2.40. The largest absolute Gasteiger partial charge is 0.340 e. The number of aromatic nitrogens is 4. The van der Waals surface area contributed by atoms with Crippen LogP contribution < -0.4 is 5.49 Å². The van der Waals surface area contributed by atoms with Crippen LogP contribution in [0.15, 0.2) is 12.7 Å². The second-order valence-corrected chi connectivity index (χ2v) is 7.53. The molecule has 0 fully saturated rings. The normalized spacial score (nSPS) is 14.1. The lowest BCUT2D eigenvalue weighted by atomic mass is 10.1. The minimum absolute atomic E-state index is 0.0255. The monoisotopic (exact) mass is 361 g/mol. The summed E-state index contributed by atoms with van der Waals surface area (Å²) in [6, 6.07) is 0. The van der Waals surface area contributed by atoms with E-state index in [0.29, 0.717) is 5.52 Å².